The highest BCUT2D eigenvalue weighted by atomic mass is 32.2. The second-order valence-corrected chi connectivity index (χ2v) is 12.9. The zero-order valence-corrected chi connectivity index (χ0v) is 23.9. The van der Waals surface area contributed by atoms with Crippen LogP contribution in [0.25, 0.3) is 0 Å². The minimum absolute atomic E-state index is 0.00514. The number of likely N-dealkylation sites (tertiary alicyclic amines) is 1. The maximum Gasteiger partial charge on any atom is 0.247 e. The topological polar surface area (TPSA) is 90.4 Å². The van der Waals surface area contributed by atoms with E-state index < -0.39 is 22.6 Å². The maximum absolute atomic E-state index is 14.4. The molecule has 1 N–H and O–H groups in total. The van der Waals surface area contributed by atoms with E-state index in [1.807, 2.05) is 42.2 Å². The average molecular weight is 566 g/mol. The molecule has 4 aliphatic heterocycles. The van der Waals surface area contributed by atoms with Gasteiger partial charge in [0, 0.05) is 43.2 Å². The van der Waals surface area contributed by atoms with E-state index in [-0.39, 0.29) is 35.6 Å². The van der Waals surface area contributed by atoms with Gasteiger partial charge in [0.15, 0.2) is 0 Å². The molecule has 0 radical (unpaired) electrons. The van der Waals surface area contributed by atoms with Crippen LogP contribution in [0.3, 0.4) is 0 Å². The first kappa shape index (κ1) is 27.4. The van der Waals surface area contributed by atoms with E-state index in [0.29, 0.717) is 32.7 Å². The fraction of sp³-hybridized carbons (Fsp3) is 0.581. The standard InChI is InChI=1S/C31H39N3O5S/c1-2-39-23-14-12-22(13-15-23)32-17-6-11-24-25(28(32)36)26-29(37)34(19-8-20-35)27-30(38)33(21-9-4-3-5-10-21)18-7-16-31(26,27)40-24/h6-7,11-16,21,24-27,35H,2-5,8-10,17-20H2,1H3/t24-,25+,26-,27?,31-/m0/s1. The van der Waals surface area contributed by atoms with Gasteiger partial charge in [-0.3, -0.25) is 14.4 Å². The number of hydrogen-bond donors (Lipinski definition) is 1. The second-order valence-electron chi connectivity index (χ2n) is 11.4. The number of carbonyl (C=O) groups is 3. The molecular weight excluding hydrogens is 526 g/mol. The molecule has 1 spiro atoms. The third-order valence-electron chi connectivity index (χ3n) is 9.22. The highest BCUT2D eigenvalue weighted by molar-refractivity contribution is 8.02. The highest BCUT2D eigenvalue weighted by Crippen LogP contribution is 2.61. The van der Waals surface area contributed by atoms with Gasteiger partial charge in [0.2, 0.25) is 17.7 Å². The Morgan fingerprint density at radius 3 is 2.50 bits per heavy atom. The molecule has 1 saturated carbocycles. The second kappa shape index (κ2) is 11.2. The molecule has 0 aromatic heterocycles. The number of nitrogens with zero attached hydrogens (tertiary/aromatic N) is 3. The number of carbonyl (C=O) groups excluding carboxylic acids is 3. The van der Waals surface area contributed by atoms with Crippen molar-refractivity contribution in [3.05, 3.63) is 48.6 Å². The van der Waals surface area contributed by atoms with Crippen LogP contribution in [-0.4, -0.2) is 87.6 Å². The molecule has 2 saturated heterocycles. The minimum atomic E-state index is -0.815. The van der Waals surface area contributed by atoms with Crippen LogP contribution in [-0.2, 0) is 14.4 Å². The summed E-state index contributed by atoms with van der Waals surface area (Å²) in [5.41, 5.74) is 0.764. The van der Waals surface area contributed by atoms with Crippen LogP contribution in [0.1, 0.15) is 45.4 Å². The van der Waals surface area contributed by atoms with Crippen molar-refractivity contribution in [1.82, 2.24) is 9.80 Å². The monoisotopic (exact) mass is 565 g/mol. The summed E-state index contributed by atoms with van der Waals surface area (Å²) in [5, 5.41) is 9.44. The third-order valence-corrected chi connectivity index (χ3v) is 11.0. The highest BCUT2D eigenvalue weighted by Gasteiger charge is 2.71. The predicted octanol–water partition coefficient (Wildman–Crippen LogP) is 3.40. The molecule has 214 valence electrons. The molecule has 6 rings (SSSR count). The van der Waals surface area contributed by atoms with Crippen LogP contribution in [0, 0.1) is 11.8 Å². The molecule has 1 aromatic carbocycles. The maximum atomic E-state index is 14.4. The first-order valence-electron chi connectivity index (χ1n) is 14.8. The van der Waals surface area contributed by atoms with Crippen LogP contribution >= 0.6 is 11.8 Å². The number of anilines is 1. The number of amides is 3. The Kier molecular flexibility index (Phi) is 7.70. The Hall–Kier alpha value is -2.78. The first-order valence-corrected chi connectivity index (χ1v) is 15.7. The van der Waals surface area contributed by atoms with Crippen LogP contribution in [0.15, 0.2) is 48.6 Å². The lowest BCUT2D eigenvalue weighted by Crippen LogP contribution is -2.55. The molecule has 3 fully saturated rings. The number of hydrogen-bond acceptors (Lipinski definition) is 6. The molecule has 1 aromatic rings. The summed E-state index contributed by atoms with van der Waals surface area (Å²) in [6.45, 7) is 3.71. The van der Waals surface area contributed by atoms with E-state index in [4.69, 9.17) is 4.74 Å². The Balaban J connectivity index is 1.36. The lowest BCUT2D eigenvalue weighted by molar-refractivity contribution is -0.144. The molecule has 5 aliphatic rings. The van der Waals surface area contributed by atoms with E-state index in [1.54, 1.807) is 21.6 Å². The quantitative estimate of drug-likeness (QED) is 0.510. The molecule has 4 heterocycles. The minimum Gasteiger partial charge on any atom is -0.494 e. The Morgan fingerprint density at radius 2 is 1.77 bits per heavy atom. The fourth-order valence-electron chi connectivity index (χ4n) is 7.48. The lowest BCUT2D eigenvalue weighted by Gasteiger charge is -2.39. The number of thioether (sulfide) groups is 1. The van der Waals surface area contributed by atoms with Gasteiger partial charge in [0.05, 0.1) is 23.2 Å². The van der Waals surface area contributed by atoms with Crippen molar-refractivity contribution >= 4 is 35.2 Å². The van der Waals surface area contributed by atoms with Crippen molar-refractivity contribution in [3.63, 3.8) is 0 Å². The Labute approximate surface area is 240 Å². The first-order chi connectivity index (χ1) is 19.5. The zero-order valence-electron chi connectivity index (χ0n) is 23.1. The van der Waals surface area contributed by atoms with Gasteiger partial charge < -0.3 is 24.5 Å². The number of fused-ring (bicyclic) bond motifs is 2. The van der Waals surface area contributed by atoms with E-state index in [1.165, 1.54) is 6.42 Å². The van der Waals surface area contributed by atoms with Crippen molar-refractivity contribution in [2.45, 2.75) is 67.5 Å². The summed E-state index contributed by atoms with van der Waals surface area (Å²) in [4.78, 5) is 48.4. The Bertz CT molecular complexity index is 1200. The summed E-state index contributed by atoms with van der Waals surface area (Å²) in [6.07, 6.45) is 14.0. The van der Waals surface area contributed by atoms with Gasteiger partial charge in [0.1, 0.15) is 11.8 Å². The van der Waals surface area contributed by atoms with Crippen LogP contribution in [0.4, 0.5) is 5.69 Å². The summed E-state index contributed by atoms with van der Waals surface area (Å²) in [6, 6.07) is 7.02. The van der Waals surface area contributed by atoms with E-state index in [9.17, 15) is 19.5 Å². The van der Waals surface area contributed by atoms with Gasteiger partial charge in [-0.05, 0) is 50.5 Å². The van der Waals surface area contributed by atoms with E-state index in [2.05, 4.69) is 18.2 Å². The summed E-state index contributed by atoms with van der Waals surface area (Å²) < 4.78 is 4.77. The molecule has 9 heteroatoms. The molecule has 3 amide bonds. The molecule has 1 unspecified atom stereocenters. The Morgan fingerprint density at radius 1 is 1.00 bits per heavy atom. The zero-order chi connectivity index (χ0) is 27.9. The number of aliphatic hydroxyl groups excluding tert-OH is 1. The van der Waals surface area contributed by atoms with Crippen LogP contribution in [0.2, 0.25) is 0 Å². The molecular formula is C31H39N3O5S. The lowest BCUT2D eigenvalue weighted by atomic mass is 9.78. The number of ether oxygens (including phenoxy) is 1. The van der Waals surface area contributed by atoms with Crippen molar-refractivity contribution < 1.29 is 24.2 Å². The summed E-state index contributed by atoms with van der Waals surface area (Å²) in [7, 11) is 0. The number of aliphatic hydroxyl groups is 1. The van der Waals surface area contributed by atoms with Gasteiger partial charge >= 0.3 is 0 Å². The summed E-state index contributed by atoms with van der Waals surface area (Å²) in [5.74, 6) is -0.706. The molecule has 5 atom stereocenters. The molecule has 1 aliphatic carbocycles. The van der Waals surface area contributed by atoms with Gasteiger partial charge in [-0.2, -0.15) is 0 Å². The van der Waals surface area contributed by atoms with Gasteiger partial charge in [0.25, 0.3) is 0 Å². The van der Waals surface area contributed by atoms with Crippen molar-refractivity contribution in [1.29, 1.82) is 0 Å². The normalized spacial score (nSPS) is 32.1. The van der Waals surface area contributed by atoms with Crippen molar-refractivity contribution in [2.75, 3.05) is 37.7 Å². The predicted molar refractivity (Wildman–Crippen MR) is 155 cm³/mol. The van der Waals surface area contributed by atoms with E-state index >= 15 is 0 Å². The smallest absolute Gasteiger partial charge is 0.247 e. The van der Waals surface area contributed by atoms with Gasteiger partial charge in [-0.1, -0.05) is 43.6 Å². The van der Waals surface area contributed by atoms with E-state index in [0.717, 1.165) is 37.1 Å². The van der Waals surface area contributed by atoms with Gasteiger partial charge in [-0.25, -0.2) is 0 Å². The van der Waals surface area contributed by atoms with Crippen LogP contribution in [0.5, 0.6) is 5.75 Å². The average Bonchev–Trinajstić information content (AvgIpc) is 3.28. The third kappa shape index (κ3) is 4.45. The largest absolute Gasteiger partial charge is 0.494 e. The fourth-order valence-corrected chi connectivity index (χ4v) is 9.48. The number of benzene rings is 1. The van der Waals surface area contributed by atoms with Crippen molar-refractivity contribution in [2.24, 2.45) is 11.8 Å². The molecule has 0 bridgehead atoms. The molecule has 8 nitrogen and oxygen atoms in total. The SMILES string of the molecule is CCOc1ccc(N2CC=C[C@@H]3S[C@]45C=CCN(C6CCCCC6)C(=O)C4N(CCCO)C(=O)[C@@H]5[C@@H]3C2=O)cc1. The van der Waals surface area contributed by atoms with Crippen LogP contribution < -0.4 is 9.64 Å². The summed E-state index contributed by atoms with van der Waals surface area (Å²) >= 11 is 1.61. The van der Waals surface area contributed by atoms with Gasteiger partial charge in [-0.15, -0.1) is 11.8 Å². The number of rotatable bonds is 7. The van der Waals surface area contributed by atoms with Crippen molar-refractivity contribution in [3.8, 4) is 5.75 Å². The molecule has 40 heavy (non-hydrogen) atoms.